The van der Waals surface area contributed by atoms with Gasteiger partial charge in [-0.2, -0.15) is 18.2 Å². The number of nitrogens with zero attached hydrogens (tertiary/aromatic N) is 3. The van der Waals surface area contributed by atoms with Crippen LogP contribution in [0.2, 0.25) is 0 Å². The third-order valence-corrected chi connectivity index (χ3v) is 2.45. The van der Waals surface area contributed by atoms with Crippen LogP contribution in [0.3, 0.4) is 0 Å². The van der Waals surface area contributed by atoms with E-state index in [1.54, 1.807) is 6.92 Å². The van der Waals surface area contributed by atoms with Crippen LogP contribution >= 0.6 is 0 Å². The average molecular weight is 284 g/mol. The largest absolute Gasteiger partial charge is 0.423 e. The van der Waals surface area contributed by atoms with Crippen molar-refractivity contribution >= 4 is 23.1 Å². The second-order valence-corrected chi connectivity index (χ2v) is 3.95. The Labute approximate surface area is 109 Å². The smallest absolute Gasteiger partial charge is 0.416 e. The van der Waals surface area contributed by atoms with E-state index in [9.17, 15) is 13.2 Å². The first-order valence-electron chi connectivity index (χ1n) is 5.47. The number of nitrogens with one attached hydrogen (secondary N) is 1. The van der Waals surface area contributed by atoms with Gasteiger partial charge >= 0.3 is 18.2 Å². The van der Waals surface area contributed by atoms with Gasteiger partial charge in [0, 0.05) is 6.92 Å². The van der Waals surface area contributed by atoms with Crippen molar-refractivity contribution in [2.45, 2.75) is 13.1 Å². The number of alkyl halides is 3. The average Bonchev–Trinajstić information content (AvgIpc) is 2.93. The lowest BCUT2D eigenvalue weighted by Crippen LogP contribution is -2.03. The van der Waals surface area contributed by atoms with Gasteiger partial charge in [-0.05, 0) is 18.2 Å². The third kappa shape index (κ3) is 2.29. The number of anilines is 2. The first-order valence-corrected chi connectivity index (χ1v) is 5.47. The summed E-state index contributed by atoms with van der Waals surface area (Å²) >= 11 is 0. The van der Waals surface area contributed by atoms with Crippen molar-refractivity contribution in [1.82, 2.24) is 15.2 Å². The Morgan fingerprint density at radius 3 is 2.55 bits per heavy atom. The molecule has 0 fully saturated rings. The summed E-state index contributed by atoms with van der Waals surface area (Å²) in [4.78, 5) is 3.89. The van der Waals surface area contributed by atoms with Gasteiger partial charge in [-0.3, -0.25) is 5.32 Å². The monoisotopic (exact) mass is 284 g/mol. The fourth-order valence-corrected chi connectivity index (χ4v) is 1.60. The van der Waals surface area contributed by atoms with E-state index in [1.165, 1.54) is 6.07 Å². The number of hydrogen-bond acceptors (Lipinski definition) is 6. The fourth-order valence-electron chi connectivity index (χ4n) is 1.60. The molecule has 0 saturated carbocycles. The van der Waals surface area contributed by atoms with Crippen molar-refractivity contribution in [3.63, 3.8) is 0 Å². The summed E-state index contributed by atoms with van der Waals surface area (Å²) in [5.74, 6) is 0.336. The minimum absolute atomic E-state index is 0.0250. The van der Waals surface area contributed by atoms with E-state index < -0.39 is 11.7 Å². The van der Waals surface area contributed by atoms with Crippen LogP contribution in [0.5, 0.6) is 0 Å². The van der Waals surface area contributed by atoms with Crippen LogP contribution < -0.4 is 5.32 Å². The minimum atomic E-state index is -4.43. The Morgan fingerprint density at radius 1 is 1.10 bits per heavy atom. The first-order chi connectivity index (χ1) is 9.41. The number of benzene rings is 1. The molecular weight excluding hydrogens is 277 g/mol. The van der Waals surface area contributed by atoms with Gasteiger partial charge in [0.2, 0.25) is 5.89 Å². The molecule has 2 heterocycles. The van der Waals surface area contributed by atoms with E-state index >= 15 is 0 Å². The second kappa shape index (κ2) is 4.22. The van der Waals surface area contributed by atoms with Crippen LogP contribution in [0.4, 0.5) is 25.2 Å². The number of aromatic nitrogens is 3. The molecule has 3 rings (SSSR count). The number of fused-ring (bicyclic) bond motifs is 1. The molecule has 0 amide bonds. The molecule has 6 nitrogen and oxygen atoms in total. The maximum absolute atomic E-state index is 12.6. The second-order valence-electron chi connectivity index (χ2n) is 3.95. The molecule has 0 unspecified atom stereocenters. The molecule has 0 bridgehead atoms. The Balaban J connectivity index is 1.94. The van der Waals surface area contributed by atoms with Crippen LogP contribution in [-0.4, -0.2) is 15.2 Å². The van der Waals surface area contributed by atoms with Crippen LogP contribution in [-0.2, 0) is 6.18 Å². The molecule has 0 radical (unpaired) electrons. The summed E-state index contributed by atoms with van der Waals surface area (Å²) in [6.45, 7) is 1.60. The lowest BCUT2D eigenvalue weighted by molar-refractivity contribution is -0.137. The molecule has 20 heavy (non-hydrogen) atoms. The van der Waals surface area contributed by atoms with E-state index in [-0.39, 0.29) is 23.1 Å². The van der Waals surface area contributed by atoms with Crippen molar-refractivity contribution in [2.75, 3.05) is 5.32 Å². The number of aryl methyl sites for hydroxylation is 1. The van der Waals surface area contributed by atoms with E-state index in [2.05, 4.69) is 20.5 Å². The predicted octanol–water partition coefficient (Wildman–Crippen LogP) is 3.28. The molecule has 104 valence electrons. The Morgan fingerprint density at radius 2 is 1.90 bits per heavy atom. The summed E-state index contributed by atoms with van der Waals surface area (Å²) in [6.07, 6.45) is -4.43. The zero-order valence-electron chi connectivity index (χ0n) is 10.0. The Kier molecular flexibility index (Phi) is 2.63. The highest BCUT2D eigenvalue weighted by atomic mass is 19.4. The van der Waals surface area contributed by atoms with Gasteiger partial charge < -0.3 is 8.83 Å². The van der Waals surface area contributed by atoms with Crippen molar-refractivity contribution in [3.05, 3.63) is 29.7 Å². The summed E-state index contributed by atoms with van der Waals surface area (Å²) in [5, 5.41) is 9.82. The molecule has 0 aliphatic heterocycles. The van der Waals surface area contributed by atoms with E-state index in [1.807, 2.05) is 0 Å². The Hall–Kier alpha value is -2.58. The highest BCUT2D eigenvalue weighted by Gasteiger charge is 2.31. The fraction of sp³-hybridized carbons (Fsp3) is 0.182. The highest BCUT2D eigenvalue weighted by Crippen LogP contribution is 2.32. The summed E-state index contributed by atoms with van der Waals surface area (Å²) in [7, 11) is 0. The summed E-state index contributed by atoms with van der Waals surface area (Å²) < 4.78 is 48.0. The maximum atomic E-state index is 12.6. The molecule has 0 saturated heterocycles. The normalized spacial score (nSPS) is 12.0. The van der Waals surface area contributed by atoms with E-state index in [0.717, 1.165) is 12.1 Å². The Bertz CT molecular complexity index is 762. The lowest BCUT2D eigenvalue weighted by atomic mass is 10.2. The molecule has 2 aromatic heterocycles. The number of hydrogen-bond donors (Lipinski definition) is 1. The number of rotatable bonds is 2. The maximum Gasteiger partial charge on any atom is 0.416 e. The van der Waals surface area contributed by atoms with Gasteiger partial charge in [0.15, 0.2) is 5.58 Å². The molecular formula is C11H7F3N4O2. The summed E-state index contributed by atoms with van der Waals surface area (Å²) in [6, 6.07) is 3.06. The van der Waals surface area contributed by atoms with Crippen LogP contribution in [0.25, 0.3) is 11.1 Å². The molecule has 0 aliphatic carbocycles. The van der Waals surface area contributed by atoms with E-state index in [4.69, 9.17) is 8.83 Å². The molecule has 0 atom stereocenters. The molecule has 9 heteroatoms. The standard InChI is InChI=1S/C11H7F3N4O2/c1-5-17-18-10(19-5)16-9-15-7-4-6(11(12,13)14)2-3-8(7)20-9/h2-4H,1H3,(H,15,16,18). The van der Waals surface area contributed by atoms with Gasteiger partial charge in [0.1, 0.15) is 5.52 Å². The number of halogens is 3. The van der Waals surface area contributed by atoms with Crippen LogP contribution in [0.15, 0.2) is 27.0 Å². The van der Waals surface area contributed by atoms with Gasteiger partial charge in [0.25, 0.3) is 0 Å². The SMILES string of the molecule is Cc1nnc(Nc2nc3cc(C(F)(F)F)ccc3o2)o1. The third-order valence-electron chi connectivity index (χ3n) is 2.45. The highest BCUT2D eigenvalue weighted by molar-refractivity contribution is 5.75. The molecule has 1 N–H and O–H groups in total. The van der Waals surface area contributed by atoms with Gasteiger partial charge in [-0.1, -0.05) is 5.10 Å². The van der Waals surface area contributed by atoms with Crippen molar-refractivity contribution in [2.24, 2.45) is 0 Å². The van der Waals surface area contributed by atoms with Crippen molar-refractivity contribution in [3.8, 4) is 0 Å². The summed E-state index contributed by atoms with van der Waals surface area (Å²) in [5.41, 5.74) is -0.492. The molecule has 0 spiro atoms. The molecule has 1 aromatic carbocycles. The minimum Gasteiger partial charge on any atom is -0.423 e. The van der Waals surface area contributed by atoms with Gasteiger partial charge in [-0.15, -0.1) is 5.10 Å². The molecule has 0 aliphatic rings. The quantitative estimate of drug-likeness (QED) is 0.778. The van der Waals surface area contributed by atoms with Crippen molar-refractivity contribution in [1.29, 1.82) is 0 Å². The van der Waals surface area contributed by atoms with Crippen LogP contribution in [0.1, 0.15) is 11.5 Å². The van der Waals surface area contributed by atoms with Gasteiger partial charge in [-0.25, -0.2) is 0 Å². The molecule has 3 aromatic rings. The predicted molar refractivity (Wildman–Crippen MR) is 61.3 cm³/mol. The van der Waals surface area contributed by atoms with Crippen molar-refractivity contribution < 1.29 is 22.0 Å². The zero-order valence-corrected chi connectivity index (χ0v) is 10.0. The number of oxazole rings is 1. The topological polar surface area (TPSA) is 77.0 Å². The van der Waals surface area contributed by atoms with Gasteiger partial charge in [0.05, 0.1) is 5.56 Å². The van der Waals surface area contributed by atoms with E-state index in [0.29, 0.717) is 5.89 Å². The first kappa shape index (κ1) is 12.5. The lowest BCUT2D eigenvalue weighted by Gasteiger charge is -2.04. The zero-order chi connectivity index (χ0) is 14.3. The van der Waals surface area contributed by atoms with Crippen LogP contribution in [0, 0.1) is 6.92 Å².